The minimum Gasteiger partial charge on any atom is -0.356 e. The van der Waals surface area contributed by atoms with Crippen molar-refractivity contribution in [3.8, 4) is 0 Å². The van der Waals surface area contributed by atoms with Crippen LogP contribution < -0.4 is 15.5 Å². The van der Waals surface area contributed by atoms with E-state index in [1.54, 1.807) is 0 Å². The fraction of sp³-hybridized carbons (Fsp3) is 0.533. The Kier molecular flexibility index (Phi) is 3.80. The standard InChI is InChI=1S/C15H23N3O/c1-11-5-7-12(8-6-11)18-10-15(2,3)17-14(19)13(18)9-16-4/h5-8,13,16H,9-10H2,1-4H3,(H,17,19). The quantitative estimate of drug-likeness (QED) is 0.862. The van der Waals surface area contributed by atoms with Gasteiger partial charge >= 0.3 is 0 Å². The van der Waals surface area contributed by atoms with Gasteiger partial charge in [0.05, 0.1) is 5.54 Å². The van der Waals surface area contributed by atoms with E-state index in [9.17, 15) is 4.79 Å². The number of rotatable bonds is 3. The number of amides is 1. The average molecular weight is 261 g/mol. The Morgan fingerprint density at radius 1 is 1.37 bits per heavy atom. The first-order chi connectivity index (χ1) is 8.93. The molecule has 1 aromatic carbocycles. The molecule has 0 radical (unpaired) electrons. The second-order valence-electron chi connectivity index (χ2n) is 5.91. The second-order valence-corrected chi connectivity index (χ2v) is 5.91. The zero-order valence-corrected chi connectivity index (χ0v) is 12.2. The maximum atomic E-state index is 12.3. The van der Waals surface area contributed by atoms with E-state index < -0.39 is 0 Å². The molecule has 104 valence electrons. The summed E-state index contributed by atoms with van der Waals surface area (Å²) in [6.45, 7) is 7.65. The predicted molar refractivity (Wildman–Crippen MR) is 78.5 cm³/mol. The lowest BCUT2D eigenvalue weighted by atomic mass is 9.97. The molecule has 0 bridgehead atoms. The monoisotopic (exact) mass is 261 g/mol. The van der Waals surface area contributed by atoms with Crippen molar-refractivity contribution >= 4 is 11.6 Å². The molecule has 2 N–H and O–H groups in total. The topological polar surface area (TPSA) is 44.4 Å². The number of carbonyl (C=O) groups is 1. The molecule has 1 saturated heterocycles. The van der Waals surface area contributed by atoms with E-state index in [2.05, 4.69) is 60.6 Å². The number of aryl methyl sites for hydroxylation is 1. The highest BCUT2D eigenvalue weighted by Gasteiger charge is 2.38. The highest BCUT2D eigenvalue weighted by Crippen LogP contribution is 2.24. The summed E-state index contributed by atoms with van der Waals surface area (Å²) in [6, 6.07) is 8.20. The number of nitrogens with one attached hydrogen (secondary N) is 2. The maximum Gasteiger partial charge on any atom is 0.244 e. The first kappa shape index (κ1) is 13.9. The third kappa shape index (κ3) is 3.07. The number of nitrogens with zero attached hydrogens (tertiary/aromatic N) is 1. The van der Waals surface area contributed by atoms with E-state index in [0.717, 1.165) is 12.2 Å². The molecule has 2 rings (SSSR count). The van der Waals surface area contributed by atoms with Crippen LogP contribution in [0, 0.1) is 6.92 Å². The minimum absolute atomic E-state index is 0.0891. The van der Waals surface area contributed by atoms with Gasteiger partial charge in [-0.25, -0.2) is 0 Å². The maximum absolute atomic E-state index is 12.3. The average Bonchev–Trinajstić information content (AvgIpc) is 2.33. The largest absolute Gasteiger partial charge is 0.356 e. The summed E-state index contributed by atoms with van der Waals surface area (Å²) in [5, 5.41) is 6.18. The normalized spacial score (nSPS) is 22.2. The van der Waals surface area contributed by atoms with Crippen molar-refractivity contribution in [1.29, 1.82) is 0 Å². The Bertz CT molecular complexity index is 453. The van der Waals surface area contributed by atoms with Crippen LogP contribution in [0.15, 0.2) is 24.3 Å². The smallest absolute Gasteiger partial charge is 0.244 e. The molecule has 0 saturated carbocycles. The van der Waals surface area contributed by atoms with Crippen molar-refractivity contribution < 1.29 is 4.79 Å². The van der Waals surface area contributed by atoms with Crippen molar-refractivity contribution in [3.63, 3.8) is 0 Å². The van der Waals surface area contributed by atoms with Gasteiger partial charge in [0, 0.05) is 18.8 Å². The molecule has 19 heavy (non-hydrogen) atoms. The van der Waals surface area contributed by atoms with Crippen LogP contribution in [0.4, 0.5) is 5.69 Å². The van der Waals surface area contributed by atoms with Crippen molar-refractivity contribution in [3.05, 3.63) is 29.8 Å². The molecule has 1 aromatic rings. The van der Waals surface area contributed by atoms with E-state index in [4.69, 9.17) is 0 Å². The summed E-state index contributed by atoms with van der Waals surface area (Å²) in [4.78, 5) is 14.4. The number of carbonyl (C=O) groups excluding carboxylic acids is 1. The molecular formula is C15H23N3O. The first-order valence-corrected chi connectivity index (χ1v) is 6.73. The van der Waals surface area contributed by atoms with Crippen LogP contribution in [0.3, 0.4) is 0 Å². The molecular weight excluding hydrogens is 238 g/mol. The van der Waals surface area contributed by atoms with E-state index in [1.165, 1.54) is 5.56 Å². The molecule has 1 unspecified atom stereocenters. The lowest BCUT2D eigenvalue weighted by Crippen LogP contribution is -2.66. The van der Waals surface area contributed by atoms with Gasteiger partial charge in [0.1, 0.15) is 6.04 Å². The molecule has 4 heteroatoms. The molecule has 4 nitrogen and oxygen atoms in total. The van der Waals surface area contributed by atoms with Gasteiger partial charge < -0.3 is 15.5 Å². The number of anilines is 1. The van der Waals surface area contributed by atoms with Gasteiger partial charge in [-0.15, -0.1) is 0 Å². The zero-order chi connectivity index (χ0) is 14.0. The Labute approximate surface area is 115 Å². The molecule has 1 aliphatic heterocycles. The number of likely N-dealkylation sites (N-methyl/N-ethyl adjacent to an activating group) is 1. The highest BCUT2D eigenvalue weighted by atomic mass is 16.2. The summed E-state index contributed by atoms with van der Waals surface area (Å²) in [7, 11) is 1.88. The molecule has 1 fully saturated rings. The summed E-state index contributed by atoms with van der Waals surface area (Å²) in [5.74, 6) is 0.0891. The van der Waals surface area contributed by atoms with Gasteiger partial charge in [-0.05, 0) is 40.0 Å². The summed E-state index contributed by atoms with van der Waals surface area (Å²) in [6.07, 6.45) is 0. The van der Waals surface area contributed by atoms with E-state index in [-0.39, 0.29) is 17.5 Å². The van der Waals surface area contributed by atoms with Crippen LogP contribution in [0.5, 0.6) is 0 Å². The highest BCUT2D eigenvalue weighted by molar-refractivity contribution is 5.87. The van der Waals surface area contributed by atoms with Crippen molar-refractivity contribution in [2.75, 3.05) is 25.0 Å². The number of hydrogen-bond donors (Lipinski definition) is 2. The molecule has 0 aromatic heterocycles. The van der Waals surface area contributed by atoms with Crippen LogP contribution in [0.25, 0.3) is 0 Å². The van der Waals surface area contributed by atoms with Crippen molar-refractivity contribution in [2.45, 2.75) is 32.4 Å². The van der Waals surface area contributed by atoms with E-state index >= 15 is 0 Å². The summed E-state index contributed by atoms with van der Waals surface area (Å²) in [5.41, 5.74) is 2.13. The zero-order valence-electron chi connectivity index (χ0n) is 12.2. The van der Waals surface area contributed by atoms with E-state index in [0.29, 0.717) is 6.54 Å². The molecule has 1 atom stereocenters. The van der Waals surface area contributed by atoms with Gasteiger partial charge in [0.15, 0.2) is 0 Å². The van der Waals surface area contributed by atoms with Gasteiger partial charge in [0.2, 0.25) is 5.91 Å². The van der Waals surface area contributed by atoms with Gasteiger partial charge in [-0.2, -0.15) is 0 Å². The Hall–Kier alpha value is -1.55. The first-order valence-electron chi connectivity index (χ1n) is 6.73. The Balaban J connectivity index is 2.31. The minimum atomic E-state index is -0.202. The SMILES string of the molecule is CNCC1C(=O)NC(C)(C)CN1c1ccc(C)cc1. The van der Waals surface area contributed by atoms with Crippen LogP contribution in [-0.4, -0.2) is 37.6 Å². The molecule has 1 heterocycles. The molecule has 1 amide bonds. The van der Waals surface area contributed by atoms with E-state index in [1.807, 2.05) is 7.05 Å². The summed E-state index contributed by atoms with van der Waals surface area (Å²) >= 11 is 0. The molecule has 0 aliphatic carbocycles. The van der Waals surface area contributed by atoms with Crippen LogP contribution in [0.1, 0.15) is 19.4 Å². The third-order valence-electron chi connectivity index (χ3n) is 3.47. The summed E-state index contributed by atoms with van der Waals surface area (Å²) < 4.78 is 0. The fourth-order valence-electron chi connectivity index (χ4n) is 2.54. The van der Waals surface area contributed by atoms with Crippen molar-refractivity contribution in [2.24, 2.45) is 0 Å². The number of benzene rings is 1. The fourth-order valence-corrected chi connectivity index (χ4v) is 2.54. The van der Waals surface area contributed by atoms with Crippen molar-refractivity contribution in [1.82, 2.24) is 10.6 Å². The third-order valence-corrected chi connectivity index (χ3v) is 3.47. The lowest BCUT2D eigenvalue weighted by Gasteiger charge is -2.45. The van der Waals surface area contributed by atoms with Crippen LogP contribution in [0.2, 0.25) is 0 Å². The van der Waals surface area contributed by atoms with Crippen LogP contribution >= 0.6 is 0 Å². The van der Waals surface area contributed by atoms with Gasteiger partial charge in [0.25, 0.3) is 0 Å². The number of piperazine rings is 1. The lowest BCUT2D eigenvalue weighted by molar-refractivity contribution is -0.125. The predicted octanol–water partition coefficient (Wildman–Crippen LogP) is 1.30. The van der Waals surface area contributed by atoms with Crippen LogP contribution in [-0.2, 0) is 4.79 Å². The Morgan fingerprint density at radius 2 is 2.00 bits per heavy atom. The van der Waals surface area contributed by atoms with Gasteiger partial charge in [-0.1, -0.05) is 17.7 Å². The van der Waals surface area contributed by atoms with Gasteiger partial charge in [-0.3, -0.25) is 4.79 Å². The number of hydrogen-bond acceptors (Lipinski definition) is 3. The molecule has 0 spiro atoms. The molecule has 1 aliphatic rings. The Morgan fingerprint density at radius 3 is 2.58 bits per heavy atom. The second kappa shape index (κ2) is 5.21.